The van der Waals surface area contributed by atoms with Crippen molar-refractivity contribution < 1.29 is 0 Å². The van der Waals surface area contributed by atoms with E-state index in [-0.39, 0.29) is 0 Å². The molecule has 0 aliphatic carbocycles. The van der Waals surface area contributed by atoms with Crippen LogP contribution in [-0.2, 0) is 0 Å². The molecule has 4 nitrogen and oxygen atoms in total. The summed E-state index contributed by atoms with van der Waals surface area (Å²) in [6, 6.07) is 0.415. The zero-order valence-corrected chi connectivity index (χ0v) is 13.4. The predicted octanol–water partition coefficient (Wildman–Crippen LogP) is 2.26. The SMILES string of the molecule is CCCNC(C)c1sc(N2CCN(C)CC2)nc1C. The zero-order valence-electron chi connectivity index (χ0n) is 12.6. The van der Waals surface area contributed by atoms with Crippen molar-refractivity contribution in [2.75, 3.05) is 44.7 Å². The molecule has 5 heteroatoms. The van der Waals surface area contributed by atoms with Crippen LogP contribution in [0.1, 0.15) is 36.9 Å². The van der Waals surface area contributed by atoms with Crippen molar-refractivity contribution in [3.8, 4) is 0 Å². The molecule has 2 heterocycles. The van der Waals surface area contributed by atoms with Crippen molar-refractivity contribution in [2.24, 2.45) is 0 Å². The van der Waals surface area contributed by atoms with Gasteiger partial charge in [0.15, 0.2) is 5.13 Å². The van der Waals surface area contributed by atoms with Crippen molar-refractivity contribution in [2.45, 2.75) is 33.2 Å². The van der Waals surface area contributed by atoms with Crippen LogP contribution in [0.15, 0.2) is 0 Å². The first-order valence-corrected chi connectivity index (χ1v) is 8.07. The first-order chi connectivity index (χ1) is 9.11. The molecule has 0 aromatic carbocycles. The van der Waals surface area contributed by atoms with E-state index in [1.165, 1.54) is 22.1 Å². The fraction of sp³-hybridized carbons (Fsp3) is 0.786. The first kappa shape index (κ1) is 14.8. The Labute approximate surface area is 120 Å². The van der Waals surface area contributed by atoms with E-state index >= 15 is 0 Å². The summed E-state index contributed by atoms with van der Waals surface area (Å²) in [5.41, 5.74) is 1.19. The van der Waals surface area contributed by atoms with Gasteiger partial charge < -0.3 is 15.1 Å². The molecular formula is C14H26N4S. The van der Waals surface area contributed by atoms with Crippen LogP contribution in [0.2, 0.25) is 0 Å². The minimum Gasteiger partial charge on any atom is -0.346 e. The zero-order chi connectivity index (χ0) is 13.8. The molecule has 0 spiro atoms. The van der Waals surface area contributed by atoms with Gasteiger partial charge >= 0.3 is 0 Å². The van der Waals surface area contributed by atoms with Crippen LogP contribution in [0, 0.1) is 6.92 Å². The summed E-state index contributed by atoms with van der Waals surface area (Å²) < 4.78 is 0. The van der Waals surface area contributed by atoms with Crippen molar-refractivity contribution in [3.63, 3.8) is 0 Å². The van der Waals surface area contributed by atoms with E-state index < -0.39 is 0 Å². The largest absolute Gasteiger partial charge is 0.346 e. The van der Waals surface area contributed by atoms with Gasteiger partial charge in [-0.15, -0.1) is 11.3 Å². The predicted molar refractivity (Wildman–Crippen MR) is 83.3 cm³/mol. The van der Waals surface area contributed by atoms with Crippen LogP contribution in [0.3, 0.4) is 0 Å². The highest BCUT2D eigenvalue weighted by molar-refractivity contribution is 7.15. The molecule has 1 aliphatic rings. The Morgan fingerprint density at radius 1 is 1.32 bits per heavy atom. The summed E-state index contributed by atoms with van der Waals surface area (Å²) in [7, 11) is 2.19. The molecule has 1 aliphatic heterocycles. The Kier molecular flexibility index (Phi) is 5.19. The summed E-state index contributed by atoms with van der Waals surface area (Å²) in [5.74, 6) is 0. The highest BCUT2D eigenvalue weighted by atomic mass is 32.1. The summed E-state index contributed by atoms with van der Waals surface area (Å²) in [4.78, 5) is 11.0. The fourth-order valence-corrected chi connectivity index (χ4v) is 3.53. The van der Waals surface area contributed by atoms with E-state index in [0.29, 0.717) is 6.04 Å². The van der Waals surface area contributed by atoms with E-state index in [9.17, 15) is 0 Å². The topological polar surface area (TPSA) is 31.4 Å². The third kappa shape index (κ3) is 3.68. The van der Waals surface area contributed by atoms with Gasteiger partial charge in [-0.3, -0.25) is 0 Å². The molecule has 1 fully saturated rings. The van der Waals surface area contributed by atoms with Crippen molar-refractivity contribution >= 4 is 16.5 Å². The highest BCUT2D eigenvalue weighted by Gasteiger charge is 2.20. The summed E-state index contributed by atoms with van der Waals surface area (Å²) >= 11 is 1.86. The Bertz CT molecular complexity index is 396. The number of piperazine rings is 1. The van der Waals surface area contributed by atoms with Gasteiger partial charge in [-0.25, -0.2) is 4.98 Å². The number of anilines is 1. The second-order valence-corrected chi connectivity index (χ2v) is 6.42. The van der Waals surface area contributed by atoms with Gasteiger partial charge in [0.1, 0.15) is 0 Å². The number of rotatable bonds is 5. The van der Waals surface area contributed by atoms with Gasteiger partial charge in [0, 0.05) is 37.1 Å². The summed E-state index contributed by atoms with van der Waals surface area (Å²) in [6.45, 7) is 12.1. The second kappa shape index (κ2) is 6.68. The molecule has 0 amide bonds. The lowest BCUT2D eigenvalue weighted by Gasteiger charge is -2.32. The Balaban J connectivity index is 2.03. The van der Waals surface area contributed by atoms with Crippen LogP contribution in [0.25, 0.3) is 0 Å². The van der Waals surface area contributed by atoms with Gasteiger partial charge in [0.05, 0.1) is 5.69 Å². The molecule has 0 saturated carbocycles. The minimum atomic E-state index is 0.415. The maximum absolute atomic E-state index is 4.77. The van der Waals surface area contributed by atoms with Crippen LogP contribution in [0.5, 0.6) is 0 Å². The van der Waals surface area contributed by atoms with E-state index in [1.807, 2.05) is 11.3 Å². The molecule has 1 aromatic heterocycles. The van der Waals surface area contributed by atoms with Crippen LogP contribution in [-0.4, -0.2) is 49.7 Å². The first-order valence-electron chi connectivity index (χ1n) is 7.26. The summed E-state index contributed by atoms with van der Waals surface area (Å²) in [6.07, 6.45) is 1.17. The molecule has 2 rings (SSSR count). The molecular weight excluding hydrogens is 256 g/mol. The van der Waals surface area contributed by atoms with Crippen molar-refractivity contribution in [1.82, 2.24) is 15.2 Å². The Hall–Kier alpha value is -0.650. The Morgan fingerprint density at radius 2 is 2.00 bits per heavy atom. The van der Waals surface area contributed by atoms with Gasteiger partial charge in [0.25, 0.3) is 0 Å². The molecule has 19 heavy (non-hydrogen) atoms. The molecule has 0 bridgehead atoms. The minimum absolute atomic E-state index is 0.415. The molecule has 1 N–H and O–H groups in total. The van der Waals surface area contributed by atoms with Gasteiger partial charge in [-0.2, -0.15) is 0 Å². The van der Waals surface area contributed by atoms with Crippen LogP contribution >= 0.6 is 11.3 Å². The molecule has 1 unspecified atom stereocenters. The van der Waals surface area contributed by atoms with E-state index in [4.69, 9.17) is 4.98 Å². The number of hydrogen-bond donors (Lipinski definition) is 1. The average molecular weight is 282 g/mol. The molecule has 0 radical (unpaired) electrons. The maximum Gasteiger partial charge on any atom is 0.185 e. The number of likely N-dealkylation sites (N-methyl/N-ethyl adjacent to an activating group) is 1. The van der Waals surface area contributed by atoms with Crippen LogP contribution in [0.4, 0.5) is 5.13 Å². The third-order valence-electron chi connectivity index (χ3n) is 3.69. The third-order valence-corrected chi connectivity index (χ3v) is 5.09. The van der Waals surface area contributed by atoms with Gasteiger partial charge in [-0.1, -0.05) is 6.92 Å². The van der Waals surface area contributed by atoms with Gasteiger partial charge in [0.2, 0.25) is 0 Å². The molecule has 1 saturated heterocycles. The maximum atomic E-state index is 4.77. The summed E-state index contributed by atoms with van der Waals surface area (Å²) in [5, 5.41) is 4.76. The second-order valence-electron chi connectivity index (χ2n) is 5.41. The smallest absolute Gasteiger partial charge is 0.185 e. The number of aryl methyl sites for hydroxylation is 1. The van der Waals surface area contributed by atoms with E-state index in [1.54, 1.807) is 0 Å². The normalized spacial score (nSPS) is 18.8. The quantitative estimate of drug-likeness (QED) is 0.897. The Morgan fingerprint density at radius 3 is 2.63 bits per heavy atom. The van der Waals surface area contributed by atoms with E-state index in [2.05, 4.69) is 42.9 Å². The van der Waals surface area contributed by atoms with Crippen LogP contribution < -0.4 is 10.2 Å². The average Bonchev–Trinajstić information content (AvgIpc) is 2.79. The van der Waals surface area contributed by atoms with Crippen molar-refractivity contribution in [1.29, 1.82) is 0 Å². The molecule has 1 atom stereocenters. The number of hydrogen-bond acceptors (Lipinski definition) is 5. The lowest BCUT2D eigenvalue weighted by Crippen LogP contribution is -2.44. The molecule has 108 valence electrons. The fourth-order valence-electron chi connectivity index (χ4n) is 2.38. The molecule has 1 aromatic rings. The number of nitrogens with zero attached hydrogens (tertiary/aromatic N) is 3. The number of aromatic nitrogens is 1. The van der Waals surface area contributed by atoms with Gasteiger partial charge in [-0.05, 0) is 33.9 Å². The lowest BCUT2D eigenvalue weighted by molar-refractivity contribution is 0.312. The monoisotopic (exact) mass is 282 g/mol. The standard InChI is InChI=1S/C14H26N4S/c1-5-6-15-11(2)13-12(3)16-14(19-13)18-9-7-17(4)8-10-18/h11,15H,5-10H2,1-4H3. The number of thiazole rings is 1. The van der Waals surface area contributed by atoms with Crippen molar-refractivity contribution in [3.05, 3.63) is 10.6 Å². The number of nitrogens with one attached hydrogen (secondary N) is 1. The van der Waals surface area contributed by atoms with E-state index in [0.717, 1.165) is 32.7 Å². The lowest BCUT2D eigenvalue weighted by atomic mass is 10.2. The highest BCUT2D eigenvalue weighted by Crippen LogP contribution is 2.31.